The lowest BCUT2D eigenvalue weighted by atomic mass is 9.94. The summed E-state index contributed by atoms with van der Waals surface area (Å²) in [6, 6.07) is 43.4. The largest absolute Gasteiger partial charge is 0.276 e. The molecule has 0 aliphatic rings. The van der Waals surface area contributed by atoms with Gasteiger partial charge in [0.1, 0.15) is 0 Å². The maximum atomic E-state index is 9.55. The lowest BCUT2D eigenvalue weighted by Gasteiger charge is -2.12. The number of nitriles is 1. The van der Waals surface area contributed by atoms with E-state index in [9.17, 15) is 5.26 Å². The van der Waals surface area contributed by atoms with E-state index >= 15 is 0 Å². The molecule has 0 N–H and O–H groups in total. The molecular formula is C33H20N4. The van der Waals surface area contributed by atoms with Gasteiger partial charge in [-0.15, -0.1) is 0 Å². The number of imidazole rings is 1. The zero-order valence-corrected chi connectivity index (χ0v) is 19.8. The number of fused-ring (bicyclic) bond motifs is 4. The number of nitrogens with zero attached hydrogens (tertiary/aromatic N) is 4. The molecule has 0 radical (unpaired) electrons. The SMILES string of the molecule is N#Cc1ccc(-c2ccc(-c3cc(-c4ccccc4)nc4nc5ccccc5n34)cc2)c2ccccc12. The van der Waals surface area contributed by atoms with E-state index in [2.05, 4.69) is 65.1 Å². The second kappa shape index (κ2) is 8.44. The van der Waals surface area contributed by atoms with E-state index < -0.39 is 0 Å². The summed E-state index contributed by atoms with van der Waals surface area (Å²) in [6.45, 7) is 0. The standard InChI is InChI=1S/C33H20N4/c34-21-25-18-19-27(28-11-5-4-10-26(25)28)22-14-16-24(17-15-22)32-20-30(23-8-2-1-3-9-23)36-33-35-29-12-6-7-13-31(29)37(32)33/h1-20H. The summed E-state index contributed by atoms with van der Waals surface area (Å²) in [4.78, 5) is 9.74. The van der Waals surface area contributed by atoms with E-state index in [0.29, 0.717) is 11.3 Å². The molecule has 0 spiro atoms. The van der Waals surface area contributed by atoms with Gasteiger partial charge < -0.3 is 0 Å². The number of hydrogen-bond acceptors (Lipinski definition) is 3. The Kier molecular flexibility index (Phi) is 4.80. The van der Waals surface area contributed by atoms with Crippen molar-refractivity contribution in [1.82, 2.24) is 14.4 Å². The summed E-state index contributed by atoms with van der Waals surface area (Å²) in [5, 5.41) is 11.6. The average molecular weight is 473 g/mol. The molecule has 0 aliphatic heterocycles. The Labute approximate surface area is 213 Å². The van der Waals surface area contributed by atoms with Crippen molar-refractivity contribution in [2.45, 2.75) is 0 Å². The van der Waals surface area contributed by atoms with Crippen LogP contribution in [0.1, 0.15) is 5.56 Å². The number of aromatic nitrogens is 3. The predicted octanol–water partition coefficient (Wildman–Crippen LogP) is 7.91. The highest BCUT2D eigenvalue weighted by molar-refractivity contribution is 6.00. The van der Waals surface area contributed by atoms with Crippen LogP contribution in [0.15, 0.2) is 121 Å². The van der Waals surface area contributed by atoms with Crippen molar-refractivity contribution in [3.8, 4) is 39.7 Å². The smallest absolute Gasteiger partial charge is 0.235 e. The molecule has 0 saturated heterocycles. The van der Waals surface area contributed by atoms with E-state index in [1.54, 1.807) is 0 Å². The summed E-state index contributed by atoms with van der Waals surface area (Å²) in [5.74, 6) is 0.680. The molecule has 2 aromatic heterocycles. The third-order valence-electron chi connectivity index (χ3n) is 6.88. The second-order valence-electron chi connectivity index (χ2n) is 9.02. The van der Waals surface area contributed by atoms with Gasteiger partial charge in [0.15, 0.2) is 0 Å². The monoisotopic (exact) mass is 472 g/mol. The van der Waals surface area contributed by atoms with Gasteiger partial charge in [0.25, 0.3) is 0 Å². The summed E-state index contributed by atoms with van der Waals surface area (Å²) >= 11 is 0. The van der Waals surface area contributed by atoms with Gasteiger partial charge in [0.05, 0.1) is 34.1 Å². The lowest BCUT2D eigenvalue weighted by molar-refractivity contribution is 1.14. The molecule has 5 aromatic carbocycles. The quantitative estimate of drug-likeness (QED) is 0.263. The van der Waals surface area contributed by atoms with Crippen molar-refractivity contribution < 1.29 is 0 Å². The second-order valence-corrected chi connectivity index (χ2v) is 9.02. The Hall–Kier alpha value is -5.27. The van der Waals surface area contributed by atoms with Crippen molar-refractivity contribution in [3.63, 3.8) is 0 Å². The number of para-hydroxylation sites is 2. The van der Waals surface area contributed by atoms with Crippen LogP contribution in [0.5, 0.6) is 0 Å². The highest BCUT2D eigenvalue weighted by Crippen LogP contribution is 2.34. The Morgan fingerprint density at radius 1 is 0.595 bits per heavy atom. The van der Waals surface area contributed by atoms with Crippen molar-refractivity contribution in [2.75, 3.05) is 0 Å². The molecule has 7 aromatic rings. The van der Waals surface area contributed by atoms with Crippen molar-refractivity contribution in [2.24, 2.45) is 0 Å². The van der Waals surface area contributed by atoms with E-state index in [4.69, 9.17) is 9.97 Å². The van der Waals surface area contributed by atoms with Crippen LogP contribution >= 0.6 is 0 Å². The fraction of sp³-hybridized carbons (Fsp3) is 0. The first-order valence-corrected chi connectivity index (χ1v) is 12.2. The molecule has 4 nitrogen and oxygen atoms in total. The molecule has 0 unspecified atom stereocenters. The normalized spacial score (nSPS) is 11.2. The Morgan fingerprint density at radius 2 is 1.30 bits per heavy atom. The van der Waals surface area contributed by atoms with Crippen LogP contribution in [0, 0.1) is 11.3 Å². The third-order valence-corrected chi connectivity index (χ3v) is 6.88. The summed E-state index contributed by atoms with van der Waals surface area (Å²) in [7, 11) is 0. The highest BCUT2D eigenvalue weighted by atomic mass is 15.1. The molecule has 37 heavy (non-hydrogen) atoms. The van der Waals surface area contributed by atoms with Crippen LogP contribution < -0.4 is 0 Å². The lowest BCUT2D eigenvalue weighted by Crippen LogP contribution is -1.97. The predicted molar refractivity (Wildman–Crippen MR) is 149 cm³/mol. The minimum atomic E-state index is 0.680. The maximum Gasteiger partial charge on any atom is 0.235 e. The summed E-state index contributed by atoms with van der Waals surface area (Å²) in [6.07, 6.45) is 0. The molecule has 7 rings (SSSR count). The molecule has 0 fully saturated rings. The van der Waals surface area contributed by atoms with Gasteiger partial charge in [-0.25, -0.2) is 9.97 Å². The Balaban J connectivity index is 1.42. The molecule has 0 aliphatic carbocycles. The summed E-state index contributed by atoms with van der Waals surface area (Å²) in [5.41, 5.74) is 8.91. The van der Waals surface area contributed by atoms with Crippen LogP contribution in [0.2, 0.25) is 0 Å². The van der Waals surface area contributed by atoms with E-state index in [1.165, 1.54) is 0 Å². The molecule has 4 heteroatoms. The van der Waals surface area contributed by atoms with Crippen molar-refractivity contribution in [1.29, 1.82) is 5.26 Å². The molecule has 0 saturated carbocycles. The van der Waals surface area contributed by atoms with Crippen molar-refractivity contribution in [3.05, 3.63) is 127 Å². The fourth-order valence-corrected chi connectivity index (χ4v) is 5.10. The fourth-order valence-electron chi connectivity index (χ4n) is 5.10. The minimum absolute atomic E-state index is 0.680. The van der Waals surface area contributed by atoms with Crippen LogP contribution in [0.4, 0.5) is 0 Å². The Bertz CT molecular complexity index is 1980. The molecular weight excluding hydrogens is 452 g/mol. The molecule has 0 amide bonds. The average Bonchev–Trinajstić information content (AvgIpc) is 3.35. The third kappa shape index (κ3) is 3.45. The van der Waals surface area contributed by atoms with E-state index in [1.807, 2.05) is 66.7 Å². The van der Waals surface area contributed by atoms with Gasteiger partial charge in [-0.3, -0.25) is 4.40 Å². The Morgan fingerprint density at radius 3 is 2.11 bits per heavy atom. The topological polar surface area (TPSA) is 54.0 Å². The first kappa shape index (κ1) is 21.0. The van der Waals surface area contributed by atoms with Crippen LogP contribution in [0.25, 0.3) is 61.2 Å². The first-order chi connectivity index (χ1) is 18.3. The van der Waals surface area contributed by atoms with Gasteiger partial charge >= 0.3 is 0 Å². The number of hydrogen-bond donors (Lipinski definition) is 0. The molecule has 2 heterocycles. The van der Waals surface area contributed by atoms with E-state index in [-0.39, 0.29) is 0 Å². The van der Waals surface area contributed by atoms with Crippen LogP contribution in [-0.4, -0.2) is 14.4 Å². The van der Waals surface area contributed by atoms with Crippen LogP contribution in [-0.2, 0) is 0 Å². The molecule has 172 valence electrons. The molecule has 0 bridgehead atoms. The highest BCUT2D eigenvalue weighted by Gasteiger charge is 2.15. The minimum Gasteiger partial charge on any atom is -0.276 e. The van der Waals surface area contributed by atoms with Crippen LogP contribution in [0.3, 0.4) is 0 Å². The summed E-state index contributed by atoms with van der Waals surface area (Å²) < 4.78 is 2.13. The van der Waals surface area contributed by atoms with Gasteiger partial charge in [-0.2, -0.15) is 5.26 Å². The number of rotatable bonds is 3. The zero-order chi connectivity index (χ0) is 24.8. The van der Waals surface area contributed by atoms with Gasteiger partial charge in [-0.05, 0) is 46.3 Å². The molecule has 0 atom stereocenters. The zero-order valence-electron chi connectivity index (χ0n) is 19.8. The van der Waals surface area contributed by atoms with Gasteiger partial charge in [0.2, 0.25) is 5.78 Å². The van der Waals surface area contributed by atoms with E-state index in [0.717, 1.165) is 55.4 Å². The van der Waals surface area contributed by atoms with Gasteiger partial charge in [0, 0.05) is 10.9 Å². The van der Waals surface area contributed by atoms with Gasteiger partial charge in [-0.1, -0.05) is 97.1 Å². The van der Waals surface area contributed by atoms with Crippen molar-refractivity contribution >= 4 is 27.6 Å². The number of benzene rings is 5. The first-order valence-electron chi connectivity index (χ1n) is 12.2. The maximum absolute atomic E-state index is 9.55.